The van der Waals surface area contributed by atoms with E-state index in [0.29, 0.717) is 19.6 Å². The molecule has 1 N–H and O–H groups in total. The molecule has 1 atom stereocenters. The Bertz CT molecular complexity index is 463. The third-order valence-corrected chi connectivity index (χ3v) is 4.27. The van der Waals surface area contributed by atoms with Gasteiger partial charge in [-0.1, -0.05) is 37.3 Å². The van der Waals surface area contributed by atoms with E-state index in [0.717, 1.165) is 32.5 Å². The fraction of sp³-hybridized carbons (Fsp3) is 0.611. The molecule has 1 aliphatic rings. The molecule has 0 radical (unpaired) electrons. The molecule has 1 aromatic rings. The van der Waals surface area contributed by atoms with Gasteiger partial charge in [0.2, 0.25) is 5.91 Å². The summed E-state index contributed by atoms with van der Waals surface area (Å²) < 4.78 is 5.60. The summed E-state index contributed by atoms with van der Waals surface area (Å²) >= 11 is 0. The van der Waals surface area contributed by atoms with Crippen molar-refractivity contribution in [3.63, 3.8) is 0 Å². The average Bonchev–Trinajstić information content (AvgIpc) is 2.86. The number of likely N-dealkylation sites (tertiary alicyclic amines) is 1. The predicted molar refractivity (Wildman–Crippen MR) is 88.6 cm³/mol. The van der Waals surface area contributed by atoms with Crippen molar-refractivity contribution in [2.75, 3.05) is 33.3 Å². The number of amides is 1. The van der Waals surface area contributed by atoms with Gasteiger partial charge >= 0.3 is 0 Å². The van der Waals surface area contributed by atoms with Crippen LogP contribution in [0.2, 0.25) is 0 Å². The first-order valence-electron chi connectivity index (χ1n) is 8.14. The van der Waals surface area contributed by atoms with Crippen LogP contribution in [0.3, 0.4) is 0 Å². The van der Waals surface area contributed by atoms with Gasteiger partial charge in [0.15, 0.2) is 0 Å². The number of nitrogens with zero attached hydrogens (tertiary/aromatic N) is 1. The Morgan fingerprint density at radius 1 is 1.36 bits per heavy atom. The van der Waals surface area contributed by atoms with Gasteiger partial charge in [0.05, 0.1) is 6.61 Å². The van der Waals surface area contributed by atoms with Crippen LogP contribution in [0.1, 0.15) is 31.7 Å². The zero-order valence-corrected chi connectivity index (χ0v) is 13.8. The zero-order chi connectivity index (χ0) is 15.8. The molecule has 4 heteroatoms. The van der Waals surface area contributed by atoms with Crippen LogP contribution in [0.5, 0.6) is 0 Å². The van der Waals surface area contributed by atoms with Crippen molar-refractivity contribution in [3.8, 4) is 0 Å². The Labute approximate surface area is 133 Å². The zero-order valence-electron chi connectivity index (χ0n) is 13.8. The van der Waals surface area contributed by atoms with Crippen molar-refractivity contribution in [1.29, 1.82) is 0 Å². The molecule has 0 bridgehead atoms. The molecule has 1 saturated heterocycles. The van der Waals surface area contributed by atoms with Crippen molar-refractivity contribution in [2.24, 2.45) is 5.41 Å². The fourth-order valence-corrected chi connectivity index (χ4v) is 2.91. The van der Waals surface area contributed by atoms with Crippen LogP contribution in [-0.2, 0) is 16.1 Å². The van der Waals surface area contributed by atoms with Crippen molar-refractivity contribution < 1.29 is 9.53 Å². The molecule has 22 heavy (non-hydrogen) atoms. The highest BCUT2D eigenvalue weighted by molar-refractivity contribution is 5.75. The van der Waals surface area contributed by atoms with Crippen molar-refractivity contribution in [2.45, 2.75) is 32.8 Å². The lowest BCUT2D eigenvalue weighted by molar-refractivity contribution is -0.121. The van der Waals surface area contributed by atoms with Crippen LogP contribution in [0, 0.1) is 5.41 Å². The van der Waals surface area contributed by atoms with E-state index in [4.69, 9.17) is 4.74 Å². The number of ether oxygens (including phenoxy) is 1. The third-order valence-electron chi connectivity index (χ3n) is 4.27. The van der Waals surface area contributed by atoms with E-state index in [9.17, 15) is 4.79 Å². The monoisotopic (exact) mass is 304 g/mol. The molecule has 1 aromatic carbocycles. The van der Waals surface area contributed by atoms with Crippen LogP contribution < -0.4 is 5.32 Å². The van der Waals surface area contributed by atoms with Gasteiger partial charge in [0.1, 0.15) is 0 Å². The Morgan fingerprint density at radius 3 is 2.82 bits per heavy atom. The first-order valence-corrected chi connectivity index (χ1v) is 8.14. The van der Waals surface area contributed by atoms with Gasteiger partial charge in [0, 0.05) is 26.1 Å². The van der Waals surface area contributed by atoms with E-state index >= 15 is 0 Å². The van der Waals surface area contributed by atoms with Gasteiger partial charge in [-0.3, -0.25) is 4.79 Å². The van der Waals surface area contributed by atoms with Gasteiger partial charge in [-0.25, -0.2) is 0 Å². The maximum absolute atomic E-state index is 11.9. The summed E-state index contributed by atoms with van der Waals surface area (Å²) in [5, 5.41) is 3.07. The number of nitrogens with one attached hydrogen (secondary N) is 1. The number of hydrogen-bond acceptors (Lipinski definition) is 3. The van der Waals surface area contributed by atoms with E-state index in [-0.39, 0.29) is 11.3 Å². The standard InChI is InChI=1S/C18H28N2O2/c1-18(10-11-20(2)15-18)14-19-17(21)9-6-12-22-13-16-7-4-3-5-8-16/h3-5,7-8H,6,9-15H2,1-2H3,(H,19,21). The molecular weight excluding hydrogens is 276 g/mol. The number of benzene rings is 1. The van der Waals surface area contributed by atoms with Gasteiger partial charge in [-0.05, 0) is 37.4 Å². The second-order valence-corrected chi connectivity index (χ2v) is 6.72. The number of carbonyl (C=O) groups is 1. The minimum absolute atomic E-state index is 0.138. The summed E-state index contributed by atoms with van der Waals surface area (Å²) in [6.45, 7) is 6.46. The third kappa shape index (κ3) is 5.78. The summed E-state index contributed by atoms with van der Waals surface area (Å²) in [6.07, 6.45) is 2.47. The molecule has 1 unspecified atom stereocenters. The lowest BCUT2D eigenvalue weighted by Crippen LogP contribution is -2.37. The second-order valence-electron chi connectivity index (χ2n) is 6.72. The lowest BCUT2D eigenvalue weighted by atomic mass is 9.90. The van der Waals surface area contributed by atoms with E-state index in [1.807, 2.05) is 30.3 Å². The highest BCUT2D eigenvalue weighted by Gasteiger charge is 2.31. The molecule has 0 aliphatic carbocycles. The largest absolute Gasteiger partial charge is 0.377 e. The van der Waals surface area contributed by atoms with Gasteiger partial charge < -0.3 is 15.0 Å². The van der Waals surface area contributed by atoms with Crippen LogP contribution in [0.25, 0.3) is 0 Å². The number of rotatable bonds is 8. The van der Waals surface area contributed by atoms with E-state index in [1.54, 1.807) is 0 Å². The van der Waals surface area contributed by atoms with Crippen molar-refractivity contribution >= 4 is 5.91 Å². The summed E-state index contributed by atoms with van der Waals surface area (Å²) in [7, 11) is 2.14. The molecule has 1 aliphatic heterocycles. The Morgan fingerprint density at radius 2 is 2.14 bits per heavy atom. The Hall–Kier alpha value is -1.39. The quantitative estimate of drug-likeness (QED) is 0.750. The molecular formula is C18H28N2O2. The van der Waals surface area contributed by atoms with Gasteiger partial charge in [-0.15, -0.1) is 0 Å². The van der Waals surface area contributed by atoms with Crippen molar-refractivity contribution in [1.82, 2.24) is 10.2 Å². The van der Waals surface area contributed by atoms with Gasteiger partial charge in [-0.2, -0.15) is 0 Å². The Kier molecular flexibility index (Phi) is 6.40. The van der Waals surface area contributed by atoms with Crippen LogP contribution in [-0.4, -0.2) is 44.1 Å². The second kappa shape index (κ2) is 8.30. The molecule has 2 rings (SSSR count). The first kappa shape index (κ1) is 17.0. The van der Waals surface area contributed by atoms with Crippen molar-refractivity contribution in [3.05, 3.63) is 35.9 Å². The molecule has 1 amide bonds. The van der Waals surface area contributed by atoms with Crippen LogP contribution >= 0.6 is 0 Å². The molecule has 0 saturated carbocycles. The topological polar surface area (TPSA) is 41.6 Å². The van der Waals surface area contributed by atoms with E-state index < -0.39 is 0 Å². The molecule has 122 valence electrons. The maximum atomic E-state index is 11.9. The normalized spacial score (nSPS) is 21.9. The SMILES string of the molecule is CN1CCC(C)(CNC(=O)CCCOCc2ccccc2)C1. The van der Waals surface area contributed by atoms with Crippen LogP contribution in [0.4, 0.5) is 0 Å². The minimum Gasteiger partial charge on any atom is -0.377 e. The average molecular weight is 304 g/mol. The minimum atomic E-state index is 0.138. The lowest BCUT2D eigenvalue weighted by Gasteiger charge is -2.24. The predicted octanol–water partition coefficient (Wildman–Crippen LogP) is 2.44. The Balaban J connectivity index is 1.53. The molecule has 0 spiro atoms. The van der Waals surface area contributed by atoms with E-state index in [1.165, 1.54) is 5.56 Å². The summed E-state index contributed by atoms with van der Waals surface area (Å²) in [5.41, 5.74) is 1.40. The molecule has 1 heterocycles. The molecule has 4 nitrogen and oxygen atoms in total. The highest BCUT2D eigenvalue weighted by atomic mass is 16.5. The van der Waals surface area contributed by atoms with Crippen LogP contribution in [0.15, 0.2) is 30.3 Å². The fourth-order valence-electron chi connectivity index (χ4n) is 2.91. The molecule has 0 aromatic heterocycles. The summed E-state index contributed by atoms with van der Waals surface area (Å²) in [5.74, 6) is 0.138. The first-order chi connectivity index (χ1) is 10.6. The van der Waals surface area contributed by atoms with E-state index in [2.05, 4.69) is 24.2 Å². The smallest absolute Gasteiger partial charge is 0.220 e. The summed E-state index contributed by atoms with van der Waals surface area (Å²) in [4.78, 5) is 14.2. The maximum Gasteiger partial charge on any atom is 0.220 e. The highest BCUT2D eigenvalue weighted by Crippen LogP contribution is 2.27. The van der Waals surface area contributed by atoms with Gasteiger partial charge in [0.25, 0.3) is 0 Å². The number of hydrogen-bond donors (Lipinski definition) is 1. The summed E-state index contributed by atoms with van der Waals surface area (Å²) in [6, 6.07) is 10.1. The molecule has 1 fully saturated rings. The number of carbonyl (C=O) groups excluding carboxylic acids is 1.